The highest BCUT2D eigenvalue weighted by molar-refractivity contribution is 9.10. The monoisotopic (exact) mass is 412 g/mol. The molecule has 0 amide bonds. The molecule has 0 saturated heterocycles. The second kappa shape index (κ2) is 7.21. The second-order valence-corrected chi connectivity index (χ2v) is 6.36. The Morgan fingerprint density at radius 1 is 1.13 bits per heavy atom. The number of hydrogen-bond donors (Lipinski definition) is 2. The zero-order valence-electron chi connectivity index (χ0n) is 11.7. The maximum Gasteiger partial charge on any atom is 0.246 e. The molecule has 5 nitrogen and oxygen atoms in total. The fourth-order valence-electron chi connectivity index (χ4n) is 1.82. The summed E-state index contributed by atoms with van der Waals surface area (Å²) in [4.78, 5) is 4.31. The van der Waals surface area contributed by atoms with Gasteiger partial charge in [-0.3, -0.25) is 5.10 Å². The summed E-state index contributed by atoms with van der Waals surface area (Å²) in [5.41, 5.74) is 0.889. The Bertz CT molecular complexity index is 807. The van der Waals surface area contributed by atoms with Crippen LogP contribution >= 0.6 is 39.1 Å². The van der Waals surface area contributed by atoms with Crippen LogP contribution in [0.25, 0.3) is 0 Å². The lowest BCUT2D eigenvalue weighted by atomic mass is 10.3. The Kier molecular flexibility index (Phi) is 5.05. The molecule has 0 unspecified atom stereocenters. The Hall–Kier alpha value is -1.76. The molecule has 0 fully saturated rings. The van der Waals surface area contributed by atoms with Crippen LogP contribution in [-0.2, 0) is 6.61 Å². The van der Waals surface area contributed by atoms with Gasteiger partial charge in [0, 0.05) is 15.2 Å². The van der Waals surface area contributed by atoms with E-state index in [1.54, 1.807) is 18.2 Å². The van der Waals surface area contributed by atoms with Crippen LogP contribution in [0, 0.1) is 0 Å². The van der Waals surface area contributed by atoms with Gasteiger partial charge < -0.3 is 10.1 Å². The summed E-state index contributed by atoms with van der Waals surface area (Å²) in [7, 11) is 0. The van der Waals surface area contributed by atoms with Crippen molar-refractivity contribution in [3.8, 4) is 5.75 Å². The molecule has 2 N–H and O–H groups in total. The molecule has 2 aromatic carbocycles. The van der Waals surface area contributed by atoms with Crippen molar-refractivity contribution in [2.75, 3.05) is 5.32 Å². The first kappa shape index (κ1) is 16.1. The number of anilines is 2. The molecular formula is C15H11BrCl2N4O. The number of ether oxygens (including phenoxy) is 1. The number of nitrogens with one attached hydrogen (secondary N) is 2. The normalized spacial score (nSPS) is 10.6. The van der Waals surface area contributed by atoms with Gasteiger partial charge in [0.1, 0.15) is 12.4 Å². The Morgan fingerprint density at radius 2 is 1.91 bits per heavy atom. The van der Waals surface area contributed by atoms with Crippen LogP contribution in [0.1, 0.15) is 5.82 Å². The third-order valence-corrected chi connectivity index (χ3v) is 3.95. The molecule has 0 aliphatic carbocycles. The second-order valence-electron chi connectivity index (χ2n) is 4.60. The van der Waals surface area contributed by atoms with Gasteiger partial charge in [0.05, 0.1) is 5.02 Å². The van der Waals surface area contributed by atoms with E-state index in [9.17, 15) is 0 Å². The van der Waals surface area contributed by atoms with Crippen LogP contribution in [0.4, 0.5) is 11.6 Å². The van der Waals surface area contributed by atoms with E-state index in [1.807, 2.05) is 24.3 Å². The first-order chi connectivity index (χ1) is 11.1. The fourth-order valence-corrected chi connectivity index (χ4v) is 2.54. The van der Waals surface area contributed by atoms with Crippen molar-refractivity contribution in [3.05, 3.63) is 62.8 Å². The molecule has 0 aliphatic heterocycles. The summed E-state index contributed by atoms with van der Waals surface area (Å²) in [6.45, 7) is 0.219. The van der Waals surface area contributed by atoms with Crippen LogP contribution in [0.2, 0.25) is 10.0 Å². The van der Waals surface area contributed by atoms with Crippen molar-refractivity contribution in [1.29, 1.82) is 0 Å². The van der Waals surface area contributed by atoms with Crippen LogP contribution in [-0.4, -0.2) is 15.2 Å². The van der Waals surface area contributed by atoms with Gasteiger partial charge in [-0.05, 0) is 42.5 Å². The lowest BCUT2D eigenvalue weighted by Crippen LogP contribution is -1.98. The molecule has 3 rings (SSSR count). The van der Waals surface area contributed by atoms with E-state index >= 15 is 0 Å². The number of aromatic nitrogens is 3. The smallest absolute Gasteiger partial charge is 0.246 e. The number of H-pyrrole nitrogens is 1. The van der Waals surface area contributed by atoms with Crippen molar-refractivity contribution in [2.24, 2.45) is 0 Å². The molecule has 3 aromatic rings. The molecule has 1 aromatic heterocycles. The van der Waals surface area contributed by atoms with Crippen LogP contribution in [0.3, 0.4) is 0 Å². The lowest BCUT2D eigenvalue weighted by Gasteiger charge is -2.06. The molecule has 23 heavy (non-hydrogen) atoms. The van der Waals surface area contributed by atoms with E-state index in [4.69, 9.17) is 27.9 Å². The van der Waals surface area contributed by atoms with Gasteiger partial charge in [-0.1, -0.05) is 39.1 Å². The van der Waals surface area contributed by atoms with Gasteiger partial charge in [0.15, 0.2) is 5.82 Å². The molecule has 1 heterocycles. The summed E-state index contributed by atoms with van der Waals surface area (Å²) < 4.78 is 6.61. The van der Waals surface area contributed by atoms with Crippen molar-refractivity contribution >= 4 is 50.8 Å². The number of aromatic amines is 1. The Morgan fingerprint density at radius 3 is 2.65 bits per heavy atom. The van der Waals surface area contributed by atoms with Crippen molar-refractivity contribution < 1.29 is 4.74 Å². The highest BCUT2D eigenvalue weighted by Crippen LogP contribution is 2.28. The molecule has 0 aliphatic rings. The van der Waals surface area contributed by atoms with Gasteiger partial charge in [-0.2, -0.15) is 4.98 Å². The maximum atomic E-state index is 6.05. The zero-order valence-corrected chi connectivity index (χ0v) is 14.8. The van der Waals surface area contributed by atoms with Crippen LogP contribution in [0.5, 0.6) is 5.75 Å². The highest BCUT2D eigenvalue weighted by Gasteiger charge is 2.07. The predicted molar refractivity (Wildman–Crippen MR) is 94.6 cm³/mol. The number of benzene rings is 2. The zero-order chi connectivity index (χ0) is 16.2. The minimum atomic E-state index is 0.219. The van der Waals surface area contributed by atoms with E-state index in [-0.39, 0.29) is 6.61 Å². The summed E-state index contributed by atoms with van der Waals surface area (Å²) in [6, 6.07) is 12.8. The van der Waals surface area contributed by atoms with Crippen molar-refractivity contribution in [3.63, 3.8) is 0 Å². The molecule has 0 saturated carbocycles. The summed E-state index contributed by atoms with van der Waals surface area (Å²) in [5.74, 6) is 1.58. The van der Waals surface area contributed by atoms with Gasteiger partial charge in [0.25, 0.3) is 0 Å². The minimum Gasteiger partial charge on any atom is -0.484 e. The first-order valence-electron chi connectivity index (χ1n) is 6.62. The minimum absolute atomic E-state index is 0.219. The quantitative estimate of drug-likeness (QED) is 0.603. The van der Waals surface area contributed by atoms with Gasteiger partial charge in [-0.25, -0.2) is 0 Å². The standard InChI is InChI=1S/C15H11BrCl2N4O/c16-9-1-4-11(5-2-9)19-15-20-14(21-22-15)8-23-13-6-3-10(17)7-12(13)18/h1-7H,8H2,(H2,19,20,21,22). The summed E-state index contributed by atoms with van der Waals surface area (Å²) in [5, 5.41) is 11.0. The van der Waals surface area contributed by atoms with E-state index in [2.05, 4.69) is 36.4 Å². The average Bonchev–Trinajstić information content (AvgIpc) is 2.96. The SMILES string of the molecule is Clc1ccc(OCc2nc(Nc3ccc(Br)cc3)n[nH]2)c(Cl)c1. The Labute approximate surface area is 151 Å². The summed E-state index contributed by atoms with van der Waals surface area (Å²) in [6.07, 6.45) is 0. The van der Waals surface area contributed by atoms with Crippen molar-refractivity contribution in [1.82, 2.24) is 15.2 Å². The summed E-state index contributed by atoms with van der Waals surface area (Å²) >= 11 is 15.3. The first-order valence-corrected chi connectivity index (χ1v) is 8.17. The molecule has 0 bridgehead atoms. The van der Waals surface area contributed by atoms with Crippen molar-refractivity contribution in [2.45, 2.75) is 6.61 Å². The molecule has 0 spiro atoms. The van der Waals surface area contributed by atoms with Gasteiger partial charge in [-0.15, -0.1) is 5.10 Å². The fraction of sp³-hybridized carbons (Fsp3) is 0.0667. The van der Waals surface area contributed by atoms with Gasteiger partial charge >= 0.3 is 0 Å². The maximum absolute atomic E-state index is 6.05. The largest absolute Gasteiger partial charge is 0.484 e. The number of hydrogen-bond acceptors (Lipinski definition) is 4. The number of rotatable bonds is 5. The predicted octanol–water partition coefficient (Wildman–Crippen LogP) is 5.20. The Balaban J connectivity index is 1.62. The molecule has 0 radical (unpaired) electrons. The molecule has 118 valence electrons. The topological polar surface area (TPSA) is 62.8 Å². The third-order valence-electron chi connectivity index (χ3n) is 2.89. The average molecular weight is 414 g/mol. The third kappa shape index (κ3) is 4.37. The van der Waals surface area contributed by atoms with Crippen LogP contribution in [0.15, 0.2) is 46.9 Å². The van der Waals surface area contributed by atoms with E-state index in [0.29, 0.717) is 27.6 Å². The van der Waals surface area contributed by atoms with E-state index < -0.39 is 0 Å². The molecular weight excluding hydrogens is 403 g/mol. The molecule has 8 heteroatoms. The van der Waals surface area contributed by atoms with E-state index in [1.165, 1.54) is 0 Å². The lowest BCUT2D eigenvalue weighted by molar-refractivity contribution is 0.296. The van der Waals surface area contributed by atoms with Crippen LogP contribution < -0.4 is 10.1 Å². The van der Waals surface area contributed by atoms with E-state index in [0.717, 1.165) is 10.2 Å². The number of nitrogens with zero attached hydrogens (tertiary/aromatic N) is 2. The molecule has 0 atom stereocenters. The highest BCUT2D eigenvalue weighted by atomic mass is 79.9. The number of halogens is 3. The van der Waals surface area contributed by atoms with Gasteiger partial charge in [0.2, 0.25) is 5.95 Å².